The average Bonchev–Trinajstić information content (AvgIpc) is 3.39. The maximum absolute atomic E-state index is 13.5. The van der Waals surface area contributed by atoms with Gasteiger partial charge >= 0.3 is 5.69 Å². The molecule has 4 aromatic heterocycles. The lowest BCUT2D eigenvalue weighted by Crippen LogP contribution is -2.30. The monoisotopic (exact) mass is 499 g/mol. The fraction of sp³-hybridized carbons (Fsp3) is 0.296. The fourth-order valence-electron chi connectivity index (χ4n) is 4.43. The van der Waals surface area contributed by atoms with E-state index in [0.717, 1.165) is 27.5 Å². The van der Waals surface area contributed by atoms with E-state index >= 15 is 0 Å². The van der Waals surface area contributed by atoms with Gasteiger partial charge in [-0.05, 0) is 44.5 Å². The highest BCUT2D eigenvalue weighted by Gasteiger charge is 2.20. The molecule has 5 rings (SSSR count). The van der Waals surface area contributed by atoms with Crippen LogP contribution in [-0.2, 0) is 18.4 Å². The Hall–Kier alpha value is -4.47. The van der Waals surface area contributed by atoms with Gasteiger partial charge in [0, 0.05) is 43.9 Å². The molecule has 10 heteroatoms. The van der Waals surface area contributed by atoms with E-state index in [-0.39, 0.29) is 18.1 Å². The Morgan fingerprint density at radius 2 is 1.86 bits per heavy atom. The molecule has 0 aliphatic heterocycles. The van der Waals surface area contributed by atoms with Crippen molar-refractivity contribution in [3.63, 3.8) is 0 Å². The summed E-state index contributed by atoms with van der Waals surface area (Å²) in [4.78, 5) is 36.6. The summed E-state index contributed by atoms with van der Waals surface area (Å²) < 4.78 is 10.3. The zero-order valence-corrected chi connectivity index (χ0v) is 21.6. The number of nitrogens with zero attached hydrogens (tertiary/aromatic N) is 7. The first-order valence-corrected chi connectivity index (χ1v) is 12.2. The summed E-state index contributed by atoms with van der Waals surface area (Å²) in [6.07, 6.45) is 5.24. The quantitative estimate of drug-likeness (QED) is 0.341. The number of likely N-dealkylation sites (N-methyl/N-ethyl adjacent to an activating group) is 1. The Balaban J connectivity index is 1.68. The Morgan fingerprint density at radius 1 is 1.08 bits per heavy atom. The molecule has 0 spiro atoms. The molecular weight excluding hydrogens is 470 g/mol. The van der Waals surface area contributed by atoms with Crippen LogP contribution in [0.2, 0.25) is 0 Å². The van der Waals surface area contributed by atoms with Crippen molar-refractivity contribution in [2.45, 2.75) is 27.3 Å². The predicted molar refractivity (Wildman–Crippen MR) is 142 cm³/mol. The van der Waals surface area contributed by atoms with Crippen molar-refractivity contribution in [2.24, 2.45) is 7.05 Å². The highest BCUT2D eigenvalue weighted by molar-refractivity contribution is 6.04. The van der Waals surface area contributed by atoms with E-state index in [0.29, 0.717) is 35.9 Å². The molecule has 0 aliphatic rings. The molecule has 37 heavy (non-hydrogen) atoms. The molecule has 0 fully saturated rings. The summed E-state index contributed by atoms with van der Waals surface area (Å²) in [6, 6.07) is 9.76. The average molecular weight is 500 g/mol. The molecule has 0 radical (unpaired) electrons. The number of imidazole rings is 1. The number of aryl methyl sites for hydroxylation is 2. The van der Waals surface area contributed by atoms with Crippen LogP contribution in [0.4, 0.5) is 0 Å². The topological polar surface area (TPSA) is 100 Å². The van der Waals surface area contributed by atoms with Crippen molar-refractivity contribution >= 4 is 27.8 Å². The van der Waals surface area contributed by atoms with Gasteiger partial charge in [-0.1, -0.05) is 6.07 Å². The molecule has 0 saturated carbocycles. The molecule has 1 aromatic carbocycles. The molecule has 190 valence electrons. The van der Waals surface area contributed by atoms with Crippen molar-refractivity contribution in [2.75, 3.05) is 20.2 Å². The van der Waals surface area contributed by atoms with Crippen LogP contribution in [0.3, 0.4) is 0 Å². The molecule has 0 bridgehead atoms. The second kappa shape index (κ2) is 9.53. The van der Waals surface area contributed by atoms with Crippen LogP contribution in [-0.4, -0.2) is 59.9 Å². The number of ether oxygens (including phenoxy) is 1. The molecule has 0 aliphatic carbocycles. The summed E-state index contributed by atoms with van der Waals surface area (Å²) in [7, 11) is 3.49. The number of amides is 1. The second-order valence-corrected chi connectivity index (χ2v) is 8.92. The first kappa shape index (κ1) is 24.2. The fourth-order valence-corrected chi connectivity index (χ4v) is 4.43. The molecule has 0 saturated heterocycles. The van der Waals surface area contributed by atoms with Gasteiger partial charge in [-0.25, -0.2) is 9.78 Å². The lowest BCUT2D eigenvalue weighted by Gasteiger charge is -2.13. The van der Waals surface area contributed by atoms with Gasteiger partial charge < -0.3 is 9.64 Å². The van der Waals surface area contributed by atoms with Gasteiger partial charge in [-0.2, -0.15) is 5.10 Å². The van der Waals surface area contributed by atoms with Gasteiger partial charge in [0.05, 0.1) is 46.9 Å². The normalized spacial score (nSPS) is 11.4. The number of pyridine rings is 2. The van der Waals surface area contributed by atoms with E-state index in [9.17, 15) is 9.59 Å². The first-order chi connectivity index (χ1) is 17.8. The van der Waals surface area contributed by atoms with Gasteiger partial charge in [0.25, 0.3) is 0 Å². The largest absolute Gasteiger partial charge is 0.478 e. The Morgan fingerprint density at radius 3 is 2.57 bits per heavy atom. The minimum Gasteiger partial charge on any atom is -0.478 e. The lowest BCUT2D eigenvalue weighted by atomic mass is 10.0. The maximum Gasteiger partial charge on any atom is 0.333 e. The lowest BCUT2D eigenvalue weighted by molar-refractivity contribution is -0.130. The number of aromatic nitrogens is 6. The van der Waals surface area contributed by atoms with Crippen LogP contribution in [0.1, 0.15) is 19.5 Å². The summed E-state index contributed by atoms with van der Waals surface area (Å²) in [6.45, 7) is 6.94. The summed E-state index contributed by atoms with van der Waals surface area (Å²) in [5, 5.41) is 5.36. The van der Waals surface area contributed by atoms with Gasteiger partial charge in [0.15, 0.2) is 0 Å². The smallest absolute Gasteiger partial charge is 0.333 e. The van der Waals surface area contributed by atoms with Crippen molar-refractivity contribution in [3.8, 4) is 22.7 Å². The molecule has 10 nitrogen and oxygen atoms in total. The SMILES string of the molecule is CCOc1ccc(-c2ccc3ncc4c(c3c2)n(-c2cn(CC(=O)N(C)CC)nc2C)c(=O)n4C)cn1. The highest BCUT2D eigenvalue weighted by Crippen LogP contribution is 2.30. The zero-order chi connectivity index (χ0) is 26.3. The molecule has 1 amide bonds. The molecule has 4 heterocycles. The zero-order valence-electron chi connectivity index (χ0n) is 21.6. The van der Waals surface area contributed by atoms with Crippen LogP contribution in [0.25, 0.3) is 38.8 Å². The number of rotatable bonds is 7. The molecule has 0 atom stereocenters. The minimum atomic E-state index is -0.211. The number of carbonyl (C=O) groups excluding carboxylic acids is 1. The third kappa shape index (κ3) is 4.24. The number of benzene rings is 1. The van der Waals surface area contributed by atoms with Crippen molar-refractivity contribution < 1.29 is 9.53 Å². The standard InChI is InChI=1S/C27H29N7O3/c1-6-31(4)25(35)16-33-15-23(17(3)30-33)34-26-20-12-18(19-9-11-24(29-13-19)37-7-2)8-10-21(20)28-14-22(26)32(5)27(34)36/h8-15H,6-7,16H2,1-5H3. The highest BCUT2D eigenvalue weighted by atomic mass is 16.5. The number of hydrogen-bond donors (Lipinski definition) is 0. The van der Waals surface area contributed by atoms with Crippen LogP contribution >= 0.6 is 0 Å². The van der Waals surface area contributed by atoms with Gasteiger partial charge in [-0.3, -0.25) is 23.6 Å². The van der Waals surface area contributed by atoms with Gasteiger partial charge in [-0.15, -0.1) is 0 Å². The van der Waals surface area contributed by atoms with E-state index in [2.05, 4.69) is 15.1 Å². The van der Waals surface area contributed by atoms with Crippen LogP contribution in [0, 0.1) is 6.92 Å². The van der Waals surface area contributed by atoms with Crippen molar-refractivity contribution in [1.29, 1.82) is 0 Å². The van der Waals surface area contributed by atoms with Crippen LogP contribution < -0.4 is 10.4 Å². The number of carbonyl (C=O) groups is 1. The van der Waals surface area contributed by atoms with E-state index in [4.69, 9.17) is 4.74 Å². The van der Waals surface area contributed by atoms with E-state index in [1.165, 1.54) is 0 Å². The summed E-state index contributed by atoms with van der Waals surface area (Å²) in [5.41, 5.74) is 5.14. The number of hydrogen-bond acceptors (Lipinski definition) is 6. The van der Waals surface area contributed by atoms with Gasteiger partial charge in [0.2, 0.25) is 11.8 Å². The van der Waals surface area contributed by atoms with Crippen molar-refractivity contribution in [1.82, 2.24) is 33.8 Å². The van der Waals surface area contributed by atoms with E-state index in [1.807, 2.05) is 51.1 Å². The Bertz CT molecular complexity index is 1680. The molecular formula is C27H29N7O3. The van der Waals surface area contributed by atoms with Gasteiger partial charge in [0.1, 0.15) is 6.54 Å². The maximum atomic E-state index is 13.5. The summed E-state index contributed by atoms with van der Waals surface area (Å²) >= 11 is 0. The Labute approximate surface area is 213 Å². The predicted octanol–water partition coefficient (Wildman–Crippen LogP) is 3.32. The number of fused-ring (bicyclic) bond motifs is 3. The minimum absolute atomic E-state index is 0.0509. The molecule has 5 aromatic rings. The third-order valence-electron chi connectivity index (χ3n) is 6.60. The first-order valence-electron chi connectivity index (χ1n) is 12.2. The summed E-state index contributed by atoms with van der Waals surface area (Å²) in [5.74, 6) is 0.522. The van der Waals surface area contributed by atoms with Crippen molar-refractivity contribution in [3.05, 3.63) is 65.1 Å². The van der Waals surface area contributed by atoms with E-state index in [1.54, 1.807) is 51.4 Å². The second-order valence-electron chi connectivity index (χ2n) is 8.92. The van der Waals surface area contributed by atoms with Crippen LogP contribution in [0.15, 0.2) is 53.7 Å². The third-order valence-corrected chi connectivity index (χ3v) is 6.60. The molecule has 0 N–H and O–H groups in total. The molecule has 0 unspecified atom stereocenters. The van der Waals surface area contributed by atoms with E-state index < -0.39 is 0 Å². The Kier molecular flexibility index (Phi) is 6.24. The van der Waals surface area contributed by atoms with Crippen LogP contribution in [0.5, 0.6) is 5.88 Å².